The van der Waals surface area contributed by atoms with Crippen molar-refractivity contribution in [3.63, 3.8) is 0 Å². The molecule has 0 aliphatic rings. The minimum Gasteiger partial charge on any atom is -0.309 e. The Morgan fingerprint density at radius 3 is 1.14 bits per heavy atom. The Bertz CT molecular complexity index is 2200. The van der Waals surface area contributed by atoms with Gasteiger partial charge in [-0.1, -0.05) is 103 Å². The van der Waals surface area contributed by atoms with Crippen molar-refractivity contribution < 1.29 is 0 Å². The van der Waals surface area contributed by atoms with Crippen molar-refractivity contribution >= 4 is 75.7 Å². The molecule has 37 heavy (non-hydrogen) atoms. The van der Waals surface area contributed by atoms with E-state index in [9.17, 15) is 0 Å². The van der Waals surface area contributed by atoms with Crippen molar-refractivity contribution in [1.29, 1.82) is 0 Å². The first-order valence-corrected chi connectivity index (χ1v) is 12.9. The highest BCUT2D eigenvalue weighted by molar-refractivity contribution is 6.40. The number of nitrogens with zero attached hydrogens (tertiary/aromatic N) is 1. The molecule has 1 nitrogen and oxygen atoms in total. The molecule has 0 saturated heterocycles. The number of fused-ring (bicyclic) bond motifs is 9. The van der Waals surface area contributed by atoms with E-state index in [1.54, 1.807) is 0 Å². The summed E-state index contributed by atoms with van der Waals surface area (Å²) in [5, 5.41) is 15.9. The lowest BCUT2D eigenvalue weighted by molar-refractivity contribution is 1.19. The van der Waals surface area contributed by atoms with Crippen molar-refractivity contribution in [3.05, 3.63) is 127 Å². The van der Waals surface area contributed by atoms with E-state index in [1.165, 1.54) is 81.4 Å². The van der Waals surface area contributed by atoms with E-state index in [0.717, 1.165) is 0 Å². The molecule has 0 unspecified atom stereocenters. The maximum Gasteiger partial charge on any atom is 0.0541 e. The summed E-state index contributed by atoms with van der Waals surface area (Å²) in [7, 11) is 0. The molecule has 0 bridgehead atoms. The van der Waals surface area contributed by atoms with Gasteiger partial charge in [0.1, 0.15) is 0 Å². The van der Waals surface area contributed by atoms with Gasteiger partial charge < -0.3 is 4.57 Å². The van der Waals surface area contributed by atoms with Crippen molar-refractivity contribution in [2.24, 2.45) is 0 Å². The summed E-state index contributed by atoms with van der Waals surface area (Å²) < 4.78 is 2.45. The third-order valence-corrected chi connectivity index (χ3v) is 8.29. The van der Waals surface area contributed by atoms with Crippen molar-refractivity contribution in [2.45, 2.75) is 0 Å². The molecule has 8 aromatic carbocycles. The molecule has 1 aromatic heterocycles. The zero-order valence-corrected chi connectivity index (χ0v) is 20.1. The molecule has 0 radical (unpaired) electrons. The number of rotatable bonds is 1. The van der Waals surface area contributed by atoms with Crippen LogP contribution in [0.4, 0.5) is 0 Å². The monoisotopic (exact) mass is 467 g/mol. The second kappa shape index (κ2) is 6.87. The van der Waals surface area contributed by atoms with Crippen LogP contribution in [0.15, 0.2) is 127 Å². The Labute approximate surface area is 213 Å². The minimum atomic E-state index is 1.21. The molecular formula is C36H21N. The smallest absolute Gasteiger partial charge is 0.0541 e. The van der Waals surface area contributed by atoms with Crippen LogP contribution in [-0.4, -0.2) is 4.57 Å². The lowest BCUT2D eigenvalue weighted by atomic mass is 9.86. The molecular weight excluding hydrogens is 446 g/mol. The van der Waals surface area contributed by atoms with Crippen LogP contribution in [0.3, 0.4) is 0 Å². The predicted molar refractivity (Wildman–Crippen MR) is 159 cm³/mol. The van der Waals surface area contributed by atoms with Crippen LogP contribution in [-0.2, 0) is 0 Å². The molecule has 170 valence electrons. The summed E-state index contributed by atoms with van der Waals surface area (Å²) in [6, 6.07) is 47.0. The highest BCUT2D eigenvalue weighted by atomic mass is 15.0. The third kappa shape index (κ3) is 2.39. The van der Waals surface area contributed by atoms with Crippen molar-refractivity contribution in [1.82, 2.24) is 4.57 Å². The van der Waals surface area contributed by atoms with E-state index >= 15 is 0 Å². The van der Waals surface area contributed by atoms with Crippen LogP contribution >= 0.6 is 0 Å². The second-order valence-corrected chi connectivity index (χ2v) is 10.1. The van der Waals surface area contributed by atoms with E-state index in [2.05, 4.69) is 132 Å². The van der Waals surface area contributed by atoms with E-state index in [-0.39, 0.29) is 0 Å². The van der Waals surface area contributed by atoms with Gasteiger partial charge in [-0.3, -0.25) is 0 Å². The summed E-state index contributed by atoms with van der Waals surface area (Å²) in [5.41, 5.74) is 3.69. The van der Waals surface area contributed by atoms with Gasteiger partial charge in [-0.25, -0.2) is 0 Å². The average molecular weight is 468 g/mol. The van der Waals surface area contributed by atoms with Gasteiger partial charge in [-0.2, -0.15) is 0 Å². The number of para-hydroxylation sites is 2. The average Bonchev–Trinajstić information content (AvgIpc) is 3.31. The van der Waals surface area contributed by atoms with Gasteiger partial charge in [0, 0.05) is 16.5 Å². The summed E-state index contributed by atoms with van der Waals surface area (Å²) in [6.45, 7) is 0. The van der Waals surface area contributed by atoms with Gasteiger partial charge in [-0.15, -0.1) is 0 Å². The third-order valence-electron chi connectivity index (χ3n) is 8.29. The first kappa shape index (κ1) is 19.3. The Hall–Kier alpha value is -4.88. The number of hydrogen-bond donors (Lipinski definition) is 0. The van der Waals surface area contributed by atoms with Crippen molar-refractivity contribution in [2.75, 3.05) is 0 Å². The Kier molecular flexibility index (Phi) is 3.59. The van der Waals surface area contributed by atoms with Crippen molar-refractivity contribution in [3.8, 4) is 5.69 Å². The molecule has 0 N–H and O–H groups in total. The minimum absolute atomic E-state index is 1.21. The quantitative estimate of drug-likeness (QED) is 0.167. The second-order valence-electron chi connectivity index (χ2n) is 10.1. The van der Waals surface area contributed by atoms with Gasteiger partial charge in [0.15, 0.2) is 0 Å². The SMILES string of the molecule is c1ccc2c(c1)c1cccc3c4ccccc4c4cc(-n5c6ccccc6c6ccccc65)cc2c4c13. The topological polar surface area (TPSA) is 4.93 Å². The summed E-state index contributed by atoms with van der Waals surface area (Å²) in [4.78, 5) is 0. The molecule has 0 aliphatic heterocycles. The molecule has 1 heteroatoms. The van der Waals surface area contributed by atoms with Crippen LogP contribution in [0.2, 0.25) is 0 Å². The lowest BCUT2D eigenvalue weighted by Crippen LogP contribution is -1.96. The molecule has 0 aliphatic carbocycles. The fourth-order valence-corrected chi connectivity index (χ4v) is 6.83. The number of aromatic nitrogens is 1. The van der Waals surface area contributed by atoms with Crippen LogP contribution in [0.1, 0.15) is 0 Å². The molecule has 0 amide bonds. The molecule has 1 heterocycles. The zero-order chi connectivity index (χ0) is 24.1. The van der Waals surface area contributed by atoms with Crippen LogP contribution in [0.5, 0.6) is 0 Å². The maximum absolute atomic E-state index is 2.45. The molecule has 9 aromatic rings. The van der Waals surface area contributed by atoms with Gasteiger partial charge in [0.05, 0.1) is 11.0 Å². The predicted octanol–water partition coefficient (Wildman–Crippen LogP) is 9.99. The van der Waals surface area contributed by atoms with Crippen LogP contribution in [0.25, 0.3) is 81.4 Å². The van der Waals surface area contributed by atoms with Gasteiger partial charge in [0.2, 0.25) is 0 Å². The van der Waals surface area contributed by atoms with E-state index in [1.807, 2.05) is 0 Å². The fraction of sp³-hybridized carbons (Fsp3) is 0. The first-order valence-electron chi connectivity index (χ1n) is 12.9. The highest BCUT2D eigenvalue weighted by Crippen LogP contribution is 2.46. The summed E-state index contributed by atoms with van der Waals surface area (Å²) in [5.74, 6) is 0. The maximum atomic E-state index is 2.45. The standard InChI is InChI=1S/C36H21N/c1-3-12-25-23(10-1)29-16-9-17-30-24-11-2-4-13-26(24)32-21-22(20-31(25)36(32)35(29)30)37-33-18-7-5-14-27(33)28-15-6-8-19-34(28)37/h1-21H. The Morgan fingerprint density at radius 2 is 0.649 bits per heavy atom. The highest BCUT2D eigenvalue weighted by Gasteiger charge is 2.19. The zero-order valence-electron chi connectivity index (χ0n) is 20.1. The van der Waals surface area contributed by atoms with Gasteiger partial charge in [-0.05, 0) is 78.1 Å². The molecule has 0 saturated carbocycles. The lowest BCUT2D eigenvalue weighted by Gasteiger charge is -2.19. The Balaban J connectivity index is 1.60. The molecule has 0 fully saturated rings. The molecule has 0 atom stereocenters. The number of benzene rings is 8. The number of hydrogen-bond acceptors (Lipinski definition) is 0. The molecule has 9 rings (SSSR count). The van der Waals surface area contributed by atoms with Gasteiger partial charge in [0.25, 0.3) is 0 Å². The Morgan fingerprint density at radius 1 is 0.297 bits per heavy atom. The van der Waals surface area contributed by atoms with Gasteiger partial charge >= 0.3 is 0 Å². The normalized spacial score (nSPS) is 12.3. The first-order chi connectivity index (χ1) is 18.4. The van der Waals surface area contributed by atoms with Crippen LogP contribution in [0, 0.1) is 0 Å². The fourth-order valence-electron chi connectivity index (χ4n) is 6.83. The largest absolute Gasteiger partial charge is 0.309 e. The van der Waals surface area contributed by atoms with Crippen LogP contribution < -0.4 is 0 Å². The van der Waals surface area contributed by atoms with E-state index in [4.69, 9.17) is 0 Å². The molecule has 0 spiro atoms. The summed E-state index contributed by atoms with van der Waals surface area (Å²) >= 11 is 0. The van der Waals surface area contributed by atoms with E-state index < -0.39 is 0 Å². The van der Waals surface area contributed by atoms with E-state index in [0.29, 0.717) is 0 Å². The summed E-state index contributed by atoms with van der Waals surface area (Å²) in [6.07, 6.45) is 0.